The van der Waals surface area contributed by atoms with Gasteiger partial charge in [-0.15, -0.1) is 0 Å². The summed E-state index contributed by atoms with van der Waals surface area (Å²) in [5, 5.41) is 1.10. The number of carbonyl (C=O) groups is 1. The predicted molar refractivity (Wildman–Crippen MR) is 99.9 cm³/mol. The molecule has 2 atom stereocenters. The third-order valence-corrected chi connectivity index (χ3v) is 6.00. The summed E-state index contributed by atoms with van der Waals surface area (Å²) in [6, 6.07) is 17.2. The molecule has 1 aromatic heterocycles. The van der Waals surface area contributed by atoms with Crippen LogP contribution in [0.4, 0.5) is 0 Å². The summed E-state index contributed by atoms with van der Waals surface area (Å²) in [4.78, 5) is 18.6. The molecule has 25 heavy (non-hydrogen) atoms. The molecule has 0 saturated carbocycles. The smallest absolute Gasteiger partial charge is 0.254 e. The average Bonchev–Trinajstić information content (AvgIpc) is 3.14. The highest BCUT2D eigenvalue weighted by atomic mass is 16.2. The van der Waals surface area contributed by atoms with E-state index in [0.717, 1.165) is 42.3 Å². The number of rotatable bonds is 1. The molecular weight excluding hydrogens is 308 g/mol. The van der Waals surface area contributed by atoms with E-state index in [1.165, 1.54) is 17.5 Å². The first-order valence-electron chi connectivity index (χ1n) is 9.27. The Bertz CT molecular complexity index is 942. The van der Waals surface area contributed by atoms with Gasteiger partial charge in [0.05, 0.1) is 0 Å². The van der Waals surface area contributed by atoms with E-state index < -0.39 is 0 Å². The first-order valence-corrected chi connectivity index (χ1v) is 9.27. The largest absolute Gasteiger partial charge is 0.361 e. The van der Waals surface area contributed by atoms with Gasteiger partial charge in [-0.1, -0.05) is 24.3 Å². The Hall–Kier alpha value is -2.55. The van der Waals surface area contributed by atoms with Gasteiger partial charge in [0.25, 0.3) is 5.91 Å². The van der Waals surface area contributed by atoms with E-state index >= 15 is 0 Å². The van der Waals surface area contributed by atoms with Crippen molar-refractivity contribution in [2.75, 3.05) is 6.54 Å². The van der Waals surface area contributed by atoms with Gasteiger partial charge in [-0.05, 0) is 61.1 Å². The third kappa shape index (κ3) is 2.38. The summed E-state index contributed by atoms with van der Waals surface area (Å²) >= 11 is 0. The van der Waals surface area contributed by atoms with Gasteiger partial charge in [0.1, 0.15) is 0 Å². The van der Waals surface area contributed by atoms with Gasteiger partial charge in [0.2, 0.25) is 0 Å². The Morgan fingerprint density at radius 3 is 2.96 bits per heavy atom. The van der Waals surface area contributed by atoms with Crippen molar-refractivity contribution in [1.29, 1.82) is 0 Å². The first kappa shape index (κ1) is 14.8. The van der Waals surface area contributed by atoms with Crippen LogP contribution in [0.3, 0.4) is 0 Å². The lowest BCUT2D eigenvalue weighted by Crippen LogP contribution is -2.49. The molecule has 126 valence electrons. The maximum atomic E-state index is 13.2. The quantitative estimate of drug-likeness (QED) is 0.700. The fraction of sp³-hybridized carbons (Fsp3) is 0.318. The fourth-order valence-corrected chi connectivity index (χ4v) is 4.81. The second kappa shape index (κ2) is 5.76. The number of carbonyl (C=O) groups excluding carboxylic acids is 1. The molecule has 0 unspecified atom stereocenters. The average molecular weight is 330 g/mol. The molecule has 5 rings (SSSR count). The number of nitrogens with one attached hydrogen (secondary N) is 1. The van der Waals surface area contributed by atoms with Gasteiger partial charge in [-0.3, -0.25) is 4.79 Å². The van der Waals surface area contributed by atoms with Gasteiger partial charge in [0.15, 0.2) is 0 Å². The van der Waals surface area contributed by atoms with E-state index in [2.05, 4.69) is 34.1 Å². The van der Waals surface area contributed by atoms with E-state index in [4.69, 9.17) is 0 Å². The molecule has 0 radical (unpaired) electrons. The minimum atomic E-state index is 0.192. The summed E-state index contributed by atoms with van der Waals surface area (Å²) in [7, 11) is 0. The summed E-state index contributed by atoms with van der Waals surface area (Å²) in [6.45, 7) is 0.882. The summed E-state index contributed by atoms with van der Waals surface area (Å²) in [5.41, 5.74) is 4.84. The monoisotopic (exact) mass is 330 g/mol. The van der Waals surface area contributed by atoms with Gasteiger partial charge in [-0.2, -0.15) is 0 Å². The second-order valence-corrected chi connectivity index (χ2v) is 7.33. The molecule has 2 aliphatic rings. The Kier molecular flexibility index (Phi) is 3.40. The van der Waals surface area contributed by atoms with E-state index in [9.17, 15) is 4.79 Å². The molecule has 3 aromatic rings. The lowest BCUT2D eigenvalue weighted by Gasteiger charge is -2.45. The molecule has 2 heterocycles. The number of aromatic nitrogens is 1. The molecule has 3 nitrogen and oxygen atoms in total. The third-order valence-electron chi connectivity index (χ3n) is 6.00. The number of nitrogens with zero attached hydrogens (tertiary/aromatic N) is 1. The van der Waals surface area contributed by atoms with E-state index in [1.54, 1.807) is 0 Å². The Morgan fingerprint density at radius 2 is 2.00 bits per heavy atom. The summed E-state index contributed by atoms with van der Waals surface area (Å²) in [6.07, 6.45) is 6.38. The molecule has 0 spiro atoms. The Balaban J connectivity index is 1.48. The van der Waals surface area contributed by atoms with Crippen molar-refractivity contribution in [1.82, 2.24) is 9.88 Å². The number of aryl methyl sites for hydroxylation is 1. The van der Waals surface area contributed by atoms with Crippen LogP contribution in [0.5, 0.6) is 0 Å². The minimum Gasteiger partial charge on any atom is -0.361 e. The molecule has 1 amide bonds. The maximum Gasteiger partial charge on any atom is 0.254 e. The highest BCUT2D eigenvalue weighted by molar-refractivity contribution is 5.98. The highest BCUT2D eigenvalue weighted by Gasteiger charge is 2.38. The molecular formula is C22H22N2O. The van der Waals surface area contributed by atoms with E-state index in [1.807, 2.05) is 30.5 Å². The van der Waals surface area contributed by atoms with Gasteiger partial charge < -0.3 is 9.88 Å². The zero-order valence-electron chi connectivity index (χ0n) is 14.2. The van der Waals surface area contributed by atoms with Crippen molar-refractivity contribution in [2.24, 2.45) is 0 Å². The SMILES string of the molecule is O=C(c1ccc2[nH]ccc2c1)N1CCC[C@H]2c3ccccc3CC[C@H]21. The number of benzene rings is 2. The lowest BCUT2D eigenvalue weighted by molar-refractivity contribution is 0.0547. The standard InChI is InChI=1S/C22H22N2O/c25-22(17-7-9-20-16(14-17)11-12-23-20)24-13-3-6-19-18-5-2-1-4-15(18)8-10-21(19)24/h1-2,4-5,7,9,11-12,14,19,21,23H,3,6,8,10,13H2/t19-,21+/m0/s1. The number of amides is 1. The van der Waals surface area contributed by atoms with Crippen LogP contribution < -0.4 is 0 Å². The number of piperidine rings is 1. The van der Waals surface area contributed by atoms with Crippen molar-refractivity contribution < 1.29 is 4.79 Å². The van der Waals surface area contributed by atoms with Crippen molar-refractivity contribution in [3.8, 4) is 0 Å². The Labute approximate surface area is 147 Å². The summed E-state index contributed by atoms with van der Waals surface area (Å²) < 4.78 is 0. The van der Waals surface area contributed by atoms with Gasteiger partial charge >= 0.3 is 0 Å². The summed E-state index contributed by atoms with van der Waals surface area (Å²) in [5.74, 6) is 0.691. The van der Waals surface area contributed by atoms with Crippen LogP contribution in [0.1, 0.15) is 46.7 Å². The first-order chi connectivity index (χ1) is 12.3. The number of aromatic amines is 1. The Morgan fingerprint density at radius 1 is 1.08 bits per heavy atom. The molecule has 1 N–H and O–H groups in total. The number of fused-ring (bicyclic) bond motifs is 4. The molecule has 0 bridgehead atoms. The molecule has 1 aliphatic carbocycles. The lowest BCUT2D eigenvalue weighted by atomic mass is 9.74. The van der Waals surface area contributed by atoms with Crippen molar-refractivity contribution >= 4 is 16.8 Å². The number of hydrogen-bond acceptors (Lipinski definition) is 1. The molecule has 3 heteroatoms. The zero-order chi connectivity index (χ0) is 16.8. The zero-order valence-corrected chi connectivity index (χ0v) is 14.2. The minimum absolute atomic E-state index is 0.192. The molecule has 1 fully saturated rings. The number of likely N-dealkylation sites (tertiary alicyclic amines) is 1. The molecule has 1 saturated heterocycles. The van der Waals surface area contributed by atoms with Crippen molar-refractivity contribution in [3.05, 3.63) is 71.4 Å². The molecule has 1 aliphatic heterocycles. The normalized spacial score (nSPS) is 22.5. The second-order valence-electron chi connectivity index (χ2n) is 7.33. The van der Waals surface area contributed by atoms with Crippen LogP contribution in [0.2, 0.25) is 0 Å². The van der Waals surface area contributed by atoms with E-state index in [-0.39, 0.29) is 5.91 Å². The van der Waals surface area contributed by atoms with Crippen LogP contribution in [0, 0.1) is 0 Å². The van der Waals surface area contributed by atoms with Gasteiger partial charge in [0, 0.05) is 41.2 Å². The van der Waals surface area contributed by atoms with Crippen molar-refractivity contribution in [3.63, 3.8) is 0 Å². The topological polar surface area (TPSA) is 36.1 Å². The van der Waals surface area contributed by atoms with Crippen LogP contribution in [-0.2, 0) is 6.42 Å². The maximum absolute atomic E-state index is 13.2. The highest BCUT2D eigenvalue weighted by Crippen LogP contribution is 2.41. The number of hydrogen-bond donors (Lipinski definition) is 1. The van der Waals surface area contributed by atoms with Gasteiger partial charge in [-0.25, -0.2) is 0 Å². The number of H-pyrrole nitrogens is 1. The van der Waals surface area contributed by atoms with Crippen LogP contribution in [0.15, 0.2) is 54.7 Å². The molecule has 2 aromatic carbocycles. The predicted octanol–water partition coefficient (Wildman–Crippen LogP) is 4.50. The van der Waals surface area contributed by atoms with E-state index in [0.29, 0.717) is 12.0 Å². The fourth-order valence-electron chi connectivity index (χ4n) is 4.81. The van der Waals surface area contributed by atoms with Crippen LogP contribution in [-0.4, -0.2) is 28.4 Å². The van der Waals surface area contributed by atoms with Crippen LogP contribution in [0.25, 0.3) is 10.9 Å². The van der Waals surface area contributed by atoms with Crippen LogP contribution >= 0.6 is 0 Å². The van der Waals surface area contributed by atoms with Crippen molar-refractivity contribution in [2.45, 2.75) is 37.6 Å².